The quantitative estimate of drug-likeness (QED) is 0.0807. The van der Waals surface area contributed by atoms with Crippen LogP contribution < -0.4 is 9.47 Å². The van der Waals surface area contributed by atoms with E-state index in [0.717, 1.165) is 44.1 Å². The van der Waals surface area contributed by atoms with Crippen molar-refractivity contribution >= 4 is 33.9 Å². The minimum absolute atomic E-state index is 0.136. The van der Waals surface area contributed by atoms with E-state index in [0.29, 0.717) is 33.0 Å². The van der Waals surface area contributed by atoms with Gasteiger partial charge in [-0.15, -0.1) is 0 Å². The van der Waals surface area contributed by atoms with Gasteiger partial charge in [0.25, 0.3) is 0 Å². The predicted molar refractivity (Wildman–Crippen MR) is 147 cm³/mol. The molecule has 0 aliphatic heterocycles. The van der Waals surface area contributed by atoms with Gasteiger partial charge in [0.1, 0.15) is 24.7 Å². The molecule has 37 heavy (non-hydrogen) atoms. The third kappa shape index (κ3) is 8.10. The van der Waals surface area contributed by atoms with Crippen LogP contribution in [0, 0.1) is 6.92 Å². The number of fused-ring (bicyclic) bond motifs is 2. The van der Waals surface area contributed by atoms with Crippen molar-refractivity contribution in [3.05, 3.63) is 72.3 Å². The van der Waals surface area contributed by atoms with Crippen molar-refractivity contribution in [3.63, 3.8) is 0 Å². The lowest BCUT2D eigenvalue weighted by Crippen LogP contribution is -2.13. The molecule has 0 fully saturated rings. The number of rotatable bonds is 12. The third-order valence-electron chi connectivity index (χ3n) is 5.83. The highest BCUT2D eigenvalue weighted by Gasteiger charge is 2.21. The Morgan fingerprint density at radius 1 is 0.676 bits per heavy atom. The normalized spacial score (nSPS) is 11.4. The third-order valence-corrected chi connectivity index (χ3v) is 5.83. The van der Waals surface area contributed by atoms with E-state index >= 15 is 0 Å². The van der Waals surface area contributed by atoms with Crippen LogP contribution >= 0.6 is 0 Å². The maximum Gasteiger partial charge on any atom is 0.514 e. The molecular weight excluding hydrogens is 468 g/mol. The summed E-state index contributed by atoms with van der Waals surface area (Å²) < 4.78 is 22.0. The zero-order valence-electron chi connectivity index (χ0n) is 22.0. The molecule has 0 atom stereocenters. The number of hydrogen-bond acceptors (Lipinski definition) is 6. The van der Waals surface area contributed by atoms with Crippen LogP contribution in [0.25, 0.3) is 21.5 Å². The van der Waals surface area contributed by atoms with E-state index in [4.69, 9.17) is 18.9 Å². The minimum atomic E-state index is -0.796. The second-order valence-electron chi connectivity index (χ2n) is 8.81. The maximum atomic E-state index is 12.6. The van der Waals surface area contributed by atoms with Crippen LogP contribution in [-0.4, -0.2) is 25.5 Å². The van der Waals surface area contributed by atoms with E-state index in [1.54, 1.807) is 0 Å². The summed E-state index contributed by atoms with van der Waals surface area (Å²) in [6.45, 7) is 6.47. The molecular formula is C31H36O6. The SMILES string of the molecule is CCCC/C=C/COC(=O)Oc1c2ccccc2c(OC(=O)OC/C=C/CCCC)c2cc(C)ccc12. The van der Waals surface area contributed by atoms with Gasteiger partial charge in [0.15, 0.2) is 0 Å². The summed E-state index contributed by atoms with van der Waals surface area (Å²) in [5.74, 6) is 0.707. The van der Waals surface area contributed by atoms with Gasteiger partial charge >= 0.3 is 12.3 Å². The van der Waals surface area contributed by atoms with Crippen molar-refractivity contribution in [2.45, 2.75) is 59.3 Å². The average Bonchev–Trinajstić information content (AvgIpc) is 2.90. The molecule has 0 amide bonds. The lowest BCUT2D eigenvalue weighted by atomic mass is 9.99. The first kappa shape index (κ1) is 27.8. The van der Waals surface area contributed by atoms with Crippen LogP contribution in [0.3, 0.4) is 0 Å². The highest BCUT2D eigenvalue weighted by atomic mass is 16.7. The molecule has 0 aromatic heterocycles. The zero-order chi connectivity index (χ0) is 26.5. The van der Waals surface area contributed by atoms with E-state index in [9.17, 15) is 9.59 Å². The van der Waals surface area contributed by atoms with Gasteiger partial charge in [0.05, 0.1) is 0 Å². The van der Waals surface area contributed by atoms with Crippen molar-refractivity contribution in [3.8, 4) is 11.5 Å². The number of hydrogen-bond donors (Lipinski definition) is 0. The fraction of sp³-hybridized carbons (Fsp3) is 0.355. The van der Waals surface area contributed by atoms with E-state index in [-0.39, 0.29) is 13.2 Å². The number of ether oxygens (including phenoxy) is 4. The Labute approximate surface area is 218 Å². The van der Waals surface area contributed by atoms with Gasteiger partial charge in [-0.3, -0.25) is 0 Å². The fourth-order valence-electron chi connectivity index (χ4n) is 3.91. The molecule has 3 rings (SSSR count). The monoisotopic (exact) mass is 504 g/mol. The van der Waals surface area contributed by atoms with Gasteiger partial charge in [-0.25, -0.2) is 9.59 Å². The zero-order valence-corrected chi connectivity index (χ0v) is 22.0. The van der Waals surface area contributed by atoms with Gasteiger partial charge < -0.3 is 18.9 Å². The first-order valence-corrected chi connectivity index (χ1v) is 13.0. The Morgan fingerprint density at radius 2 is 1.16 bits per heavy atom. The summed E-state index contributed by atoms with van der Waals surface area (Å²) in [6, 6.07) is 13.0. The van der Waals surface area contributed by atoms with E-state index in [1.807, 2.05) is 73.7 Å². The Morgan fingerprint density at radius 3 is 1.68 bits per heavy atom. The van der Waals surface area contributed by atoms with E-state index in [1.165, 1.54) is 0 Å². The minimum Gasteiger partial charge on any atom is -0.430 e. The van der Waals surface area contributed by atoms with Crippen LogP contribution in [0.1, 0.15) is 57.9 Å². The lowest BCUT2D eigenvalue weighted by Gasteiger charge is -2.16. The van der Waals surface area contributed by atoms with E-state index in [2.05, 4.69) is 13.8 Å². The highest BCUT2D eigenvalue weighted by molar-refractivity contribution is 6.12. The molecule has 3 aromatic rings. The van der Waals surface area contributed by atoms with Crippen LogP contribution in [-0.2, 0) is 9.47 Å². The number of benzene rings is 3. The molecule has 0 radical (unpaired) electrons. The summed E-state index contributed by atoms with van der Waals surface area (Å²) in [4.78, 5) is 25.1. The van der Waals surface area contributed by atoms with Crippen molar-refractivity contribution in [1.82, 2.24) is 0 Å². The first-order chi connectivity index (χ1) is 18.0. The lowest BCUT2D eigenvalue weighted by molar-refractivity contribution is 0.109. The molecule has 0 saturated heterocycles. The summed E-state index contributed by atoms with van der Waals surface area (Å²) in [5, 5.41) is 2.51. The molecule has 0 spiro atoms. The molecule has 6 nitrogen and oxygen atoms in total. The molecule has 3 aromatic carbocycles. The highest BCUT2D eigenvalue weighted by Crippen LogP contribution is 2.43. The molecule has 0 heterocycles. The molecule has 0 N–H and O–H groups in total. The molecule has 0 bridgehead atoms. The summed E-state index contributed by atoms with van der Waals surface area (Å²) in [5.41, 5.74) is 0.964. The van der Waals surface area contributed by atoms with Crippen LogP contribution in [0.15, 0.2) is 66.8 Å². The number of allylic oxidation sites excluding steroid dienone is 2. The van der Waals surface area contributed by atoms with Gasteiger partial charge in [-0.2, -0.15) is 0 Å². The smallest absolute Gasteiger partial charge is 0.430 e. The second kappa shape index (κ2) is 14.7. The summed E-state index contributed by atoms with van der Waals surface area (Å²) in [7, 11) is 0. The summed E-state index contributed by atoms with van der Waals surface area (Å²) in [6.07, 6.45) is 12.3. The number of aryl methyl sites for hydroxylation is 1. The molecule has 6 heteroatoms. The molecule has 0 aliphatic carbocycles. The first-order valence-electron chi connectivity index (χ1n) is 13.0. The number of unbranched alkanes of at least 4 members (excludes halogenated alkanes) is 4. The van der Waals surface area contributed by atoms with Crippen LogP contribution in [0.4, 0.5) is 9.59 Å². The number of carbonyl (C=O) groups excluding carboxylic acids is 2. The Balaban J connectivity index is 1.86. The van der Waals surface area contributed by atoms with Gasteiger partial charge in [0, 0.05) is 21.5 Å². The molecule has 0 aliphatic rings. The van der Waals surface area contributed by atoms with Crippen molar-refractivity contribution < 1.29 is 28.5 Å². The fourth-order valence-corrected chi connectivity index (χ4v) is 3.91. The number of carbonyl (C=O) groups is 2. The summed E-state index contributed by atoms with van der Waals surface area (Å²) >= 11 is 0. The van der Waals surface area contributed by atoms with Crippen molar-refractivity contribution in [2.75, 3.05) is 13.2 Å². The van der Waals surface area contributed by atoms with Crippen LogP contribution in [0.2, 0.25) is 0 Å². The molecule has 0 saturated carbocycles. The van der Waals surface area contributed by atoms with E-state index < -0.39 is 12.3 Å². The largest absolute Gasteiger partial charge is 0.514 e. The topological polar surface area (TPSA) is 71.1 Å². The maximum absolute atomic E-state index is 12.6. The van der Waals surface area contributed by atoms with Crippen molar-refractivity contribution in [1.29, 1.82) is 0 Å². The van der Waals surface area contributed by atoms with Crippen LogP contribution in [0.5, 0.6) is 11.5 Å². The second-order valence-corrected chi connectivity index (χ2v) is 8.81. The average molecular weight is 505 g/mol. The predicted octanol–water partition coefficient (Wildman–Crippen LogP) is 8.83. The van der Waals surface area contributed by atoms with Gasteiger partial charge in [-0.1, -0.05) is 106 Å². The molecule has 0 unspecified atom stereocenters. The standard InChI is InChI=1S/C31H36O6/c1-4-6-8-10-14-20-34-30(32)36-28-24-16-12-13-17-25(24)29(27-22-23(3)18-19-26(27)28)37-31(33)35-21-15-11-9-7-5-2/h10-19,22H,4-9,20-21H2,1-3H3/b14-10+,15-11+. The Kier molecular flexibility index (Phi) is 11.0. The Bertz CT molecular complexity index is 1260. The van der Waals surface area contributed by atoms with Gasteiger partial charge in [-0.05, 0) is 25.8 Å². The van der Waals surface area contributed by atoms with Gasteiger partial charge in [0.2, 0.25) is 0 Å². The van der Waals surface area contributed by atoms with Crippen molar-refractivity contribution in [2.24, 2.45) is 0 Å². The molecule has 196 valence electrons. The Hall–Kier alpha value is -3.80.